The lowest BCUT2D eigenvalue weighted by Crippen LogP contribution is -2.43. The van der Waals surface area contributed by atoms with Gasteiger partial charge in [-0.1, -0.05) is 27.7 Å². The molecule has 0 aliphatic heterocycles. The molecule has 0 saturated carbocycles. The molecule has 0 aliphatic rings. The van der Waals surface area contributed by atoms with E-state index in [1.807, 2.05) is 33.8 Å². The number of sulfonamides is 1. The van der Waals surface area contributed by atoms with Gasteiger partial charge in [0, 0.05) is 17.5 Å². The molecule has 0 bridgehead atoms. The number of hydrogen-bond acceptors (Lipinski definition) is 4. The van der Waals surface area contributed by atoms with E-state index in [-0.39, 0.29) is 18.1 Å². The third kappa shape index (κ3) is 4.56. The monoisotopic (exact) mass is 305 g/mol. The first-order valence-corrected chi connectivity index (χ1v) is 8.72. The maximum absolute atomic E-state index is 12.3. The molecule has 1 atom stereocenters. The van der Waals surface area contributed by atoms with Crippen LogP contribution in [0.1, 0.15) is 39.0 Å². The summed E-state index contributed by atoms with van der Waals surface area (Å²) in [5, 5.41) is 9.08. The lowest BCUT2D eigenvalue weighted by molar-refractivity contribution is 0.214. The van der Waals surface area contributed by atoms with Crippen LogP contribution in [0.25, 0.3) is 0 Å². The minimum atomic E-state index is -3.50. The molecule has 4 nitrogen and oxygen atoms in total. The molecule has 0 aromatic carbocycles. The van der Waals surface area contributed by atoms with Crippen molar-refractivity contribution in [3.05, 3.63) is 17.0 Å². The smallest absolute Gasteiger partial charge is 0.250 e. The van der Waals surface area contributed by atoms with Gasteiger partial charge in [-0.15, -0.1) is 11.3 Å². The predicted octanol–water partition coefficient (Wildman–Crippen LogP) is 2.39. The molecule has 1 unspecified atom stereocenters. The largest absolute Gasteiger partial charge is 0.396 e. The van der Waals surface area contributed by atoms with Crippen LogP contribution in [0.5, 0.6) is 0 Å². The molecular weight excluding hydrogens is 282 g/mol. The third-order valence-electron chi connectivity index (χ3n) is 3.01. The Labute approximate surface area is 119 Å². The van der Waals surface area contributed by atoms with Gasteiger partial charge in [0.1, 0.15) is 4.21 Å². The molecule has 110 valence electrons. The second-order valence-corrected chi connectivity index (χ2v) is 8.74. The van der Waals surface area contributed by atoms with Crippen molar-refractivity contribution in [2.24, 2.45) is 5.41 Å². The topological polar surface area (TPSA) is 66.4 Å². The Morgan fingerprint density at radius 1 is 1.37 bits per heavy atom. The SMILES string of the molecule is CCc1ccc(S(=O)(=O)NC(CCO)C(C)(C)C)s1. The highest BCUT2D eigenvalue weighted by molar-refractivity contribution is 7.91. The highest BCUT2D eigenvalue weighted by Gasteiger charge is 2.29. The summed E-state index contributed by atoms with van der Waals surface area (Å²) in [7, 11) is -3.50. The van der Waals surface area contributed by atoms with E-state index in [1.54, 1.807) is 6.07 Å². The fourth-order valence-electron chi connectivity index (χ4n) is 1.74. The quantitative estimate of drug-likeness (QED) is 0.848. The lowest BCUT2D eigenvalue weighted by Gasteiger charge is -2.30. The third-order valence-corrected chi connectivity index (χ3v) is 6.20. The van der Waals surface area contributed by atoms with Crippen molar-refractivity contribution in [3.63, 3.8) is 0 Å². The Kier molecular flexibility index (Phi) is 5.55. The van der Waals surface area contributed by atoms with Crippen LogP contribution in [0.3, 0.4) is 0 Å². The van der Waals surface area contributed by atoms with Crippen molar-refractivity contribution in [2.75, 3.05) is 6.61 Å². The first-order valence-electron chi connectivity index (χ1n) is 6.42. The van der Waals surface area contributed by atoms with Gasteiger partial charge in [0.2, 0.25) is 10.0 Å². The van der Waals surface area contributed by atoms with Crippen molar-refractivity contribution in [1.29, 1.82) is 0 Å². The van der Waals surface area contributed by atoms with E-state index in [0.717, 1.165) is 11.3 Å². The Bertz CT molecular complexity index is 500. The van der Waals surface area contributed by atoms with E-state index < -0.39 is 10.0 Å². The number of aryl methyl sites for hydroxylation is 1. The molecule has 0 saturated heterocycles. The second-order valence-electron chi connectivity index (χ2n) is 5.63. The highest BCUT2D eigenvalue weighted by Crippen LogP contribution is 2.26. The first-order chi connectivity index (χ1) is 8.70. The molecule has 0 fully saturated rings. The zero-order valence-corrected chi connectivity index (χ0v) is 13.6. The van der Waals surface area contributed by atoms with E-state index >= 15 is 0 Å². The average Bonchev–Trinajstić information content (AvgIpc) is 2.76. The summed E-state index contributed by atoms with van der Waals surface area (Å²) in [6.45, 7) is 7.85. The zero-order chi connectivity index (χ0) is 14.7. The number of nitrogens with one attached hydrogen (secondary N) is 1. The summed E-state index contributed by atoms with van der Waals surface area (Å²) >= 11 is 1.30. The fourth-order valence-corrected chi connectivity index (χ4v) is 4.52. The molecule has 1 rings (SSSR count). The predicted molar refractivity (Wildman–Crippen MR) is 79.0 cm³/mol. The van der Waals surface area contributed by atoms with Gasteiger partial charge in [-0.3, -0.25) is 0 Å². The van der Waals surface area contributed by atoms with Gasteiger partial charge in [0.05, 0.1) is 0 Å². The zero-order valence-electron chi connectivity index (χ0n) is 11.9. The minimum absolute atomic E-state index is 0.0326. The molecule has 0 spiro atoms. The number of thiophene rings is 1. The van der Waals surface area contributed by atoms with Crippen LogP contribution in [0.2, 0.25) is 0 Å². The molecule has 0 amide bonds. The van der Waals surface area contributed by atoms with E-state index in [4.69, 9.17) is 5.11 Å². The van der Waals surface area contributed by atoms with Gasteiger partial charge >= 0.3 is 0 Å². The highest BCUT2D eigenvalue weighted by atomic mass is 32.2. The molecule has 0 aliphatic carbocycles. The Balaban J connectivity index is 2.94. The van der Waals surface area contributed by atoms with Gasteiger partial charge in [0.15, 0.2) is 0 Å². The summed E-state index contributed by atoms with van der Waals surface area (Å²) < 4.78 is 27.7. The molecule has 1 heterocycles. The van der Waals surface area contributed by atoms with Gasteiger partial charge in [0.25, 0.3) is 0 Å². The van der Waals surface area contributed by atoms with Crippen molar-refractivity contribution >= 4 is 21.4 Å². The van der Waals surface area contributed by atoms with Crippen molar-refractivity contribution in [3.8, 4) is 0 Å². The second kappa shape index (κ2) is 6.35. The van der Waals surface area contributed by atoms with Gasteiger partial charge in [-0.05, 0) is 30.4 Å². The lowest BCUT2D eigenvalue weighted by atomic mass is 9.86. The van der Waals surface area contributed by atoms with E-state index in [9.17, 15) is 8.42 Å². The summed E-state index contributed by atoms with van der Waals surface area (Å²) in [6.07, 6.45) is 1.24. The number of aliphatic hydroxyl groups excluding tert-OH is 1. The normalized spacial score (nSPS) is 14.6. The van der Waals surface area contributed by atoms with Crippen molar-refractivity contribution < 1.29 is 13.5 Å². The van der Waals surface area contributed by atoms with Crippen LogP contribution in [0.15, 0.2) is 16.3 Å². The standard InChI is InChI=1S/C13H23NO3S2/c1-5-10-6-7-12(18-10)19(16,17)14-11(8-9-15)13(2,3)4/h6-7,11,14-15H,5,8-9H2,1-4H3. The number of hydrogen-bond donors (Lipinski definition) is 2. The van der Waals surface area contributed by atoms with E-state index in [2.05, 4.69) is 4.72 Å². The summed E-state index contributed by atoms with van der Waals surface area (Å²) in [5.41, 5.74) is -0.235. The molecule has 6 heteroatoms. The van der Waals surface area contributed by atoms with Crippen LogP contribution in [0.4, 0.5) is 0 Å². The number of aliphatic hydroxyl groups is 1. The van der Waals surface area contributed by atoms with Gasteiger partial charge in [-0.2, -0.15) is 0 Å². The van der Waals surface area contributed by atoms with Gasteiger partial charge in [-0.25, -0.2) is 13.1 Å². The van der Waals surface area contributed by atoms with E-state index in [1.165, 1.54) is 11.3 Å². The maximum Gasteiger partial charge on any atom is 0.250 e. The minimum Gasteiger partial charge on any atom is -0.396 e. The van der Waals surface area contributed by atoms with Crippen molar-refractivity contribution in [1.82, 2.24) is 4.72 Å². The molecule has 0 radical (unpaired) electrons. The van der Waals surface area contributed by atoms with Gasteiger partial charge < -0.3 is 5.11 Å². The molecule has 2 N–H and O–H groups in total. The summed E-state index contributed by atoms with van der Waals surface area (Å²) in [5.74, 6) is 0. The van der Waals surface area contributed by atoms with Crippen LogP contribution in [0, 0.1) is 5.41 Å². The van der Waals surface area contributed by atoms with Crippen LogP contribution in [-0.4, -0.2) is 26.2 Å². The Morgan fingerprint density at radius 2 is 2.00 bits per heavy atom. The van der Waals surface area contributed by atoms with Crippen LogP contribution in [-0.2, 0) is 16.4 Å². The van der Waals surface area contributed by atoms with Crippen molar-refractivity contribution in [2.45, 2.75) is 50.8 Å². The Hall–Kier alpha value is -0.430. The molecular formula is C13H23NO3S2. The maximum atomic E-state index is 12.3. The number of rotatable bonds is 6. The summed E-state index contributed by atoms with van der Waals surface area (Å²) in [6, 6.07) is 3.21. The molecule has 1 aromatic rings. The Morgan fingerprint density at radius 3 is 2.42 bits per heavy atom. The molecule has 1 aromatic heterocycles. The molecule has 19 heavy (non-hydrogen) atoms. The summed E-state index contributed by atoms with van der Waals surface area (Å²) in [4.78, 5) is 1.05. The fraction of sp³-hybridized carbons (Fsp3) is 0.692. The van der Waals surface area contributed by atoms with Crippen LogP contribution >= 0.6 is 11.3 Å². The van der Waals surface area contributed by atoms with Crippen LogP contribution < -0.4 is 4.72 Å². The first kappa shape index (κ1) is 16.6. The van der Waals surface area contributed by atoms with E-state index in [0.29, 0.717) is 10.6 Å². The average molecular weight is 305 g/mol.